The molecule has 0 aliphatic carbocycles. The van der Waals surface area contributed by atoms with Crippen LogP contribution in [0.15, 0.2) is 24.5 Å². The molecule has 158 valence electrons. The van der Waals surface area contributed by atoms with Crippen molar-refractivity contribution in [3.05, 3.63) is 41.5 Å². The lowest BCUT2D eigenvalue weighted by molar-refractivity contribution is 0.495. The Kier molecular flexibility index (Phi) is 5.06. The minimum atomic E-state index is 0.533. The van der Waals surface area contributed by atoms with E-state index in [1.54, 1.807) is 0 Å². The zero-order valence-corrected chi connectivity index (χ0v) is 18.2. The van der Waals surface area contributed by atoms with Crippen molar-refractivity contribution in [2.75, 3.05) is 49.1 Å². The lowest BCUT2D eigenvalue weighted by Gasteiger charge is -2.35. The van der Waals surface area contributed by atoms with Crippen molar-refractivity contribution in [1.29, 1.82) is 0 Å². The summed E-state index contributed by atoms with van der Waals surface area (Å²) in [5.41, 5.74) is 7.16. The number of hydrogen-bond donors (Lipinski definition) is 1. The number of aryl methyl sites for hydroxylation is 3. The number of pyridine rings is 2. The monoisotopic (exact) mass is 405 g/mol. The molecule has 5 heterocycles. The van der Waals surface area contributed by atoms with Crippen LogP contribution in [0.5, 0.6) is 0 Å². The summed E-state index contributed by atoms with van der Waals surface area (Å²) in [7, 11) is 1.96. The first-order chi connectivity index (χ1) is 14.6. The summed E-state index contributed by atoms with van der Waals surface area (Å²) >= 11 is 0. The second-order valence-electron chi connectivity index (χ2n) is 8.68. The molecule has 2 saturated heterocycles. The van der Waals surface area contributed by atoms with E-state index in [1.165, 1.54) is 22.6 Å². The van der Waals surface area contributed by atoms with E-state index in [2.05, 4.69) is 57.4 Å². The lowest BCUT2D eigenvalue weighted by atomic mass is 9.90. The number of rotatable bonds is 3. The molecular formula is C23H31N7. The molecule has 2 aliphatic rings. The van der Waals surface area contributed by atoms with Crippen molar-refractivity contribution < 1.29 is 0 Å². The van der Waals surface area contributed by atoms with Crippen molar-refractivity contribution in [2.45, 2.75) is 32.6 Å². The Balaban J connectivity index is 1.32. The van der Waals surface area contributed by atoms with Gasteiger partial charge in [0.25, 0.3) is 0 Å². The van der Waals surface area contributed by atoms with Gasteiger partial charge in [-0.2, -0.15) is 5.10 Å². The number of hydrogen-bond acceptors (Lipinski definition) is 6. The van der Waals surface area contributed by atoms with Gasteiger partial charge in [-0.1, -0.05) is 0 Å². The molecule has 30 heavy (non-hydrogen) atoms. The van der Waals surface area contributed by atoms with Crippen LogP contribution in [0.1, 0.15) is 35.7 Å². The average Bonchev–Trinajstić information content (AvgIpc) is 3.14. The van der Waals surface area contributed by atoms with Crippen LogP contribution >= 0.6 is 0 Å². The maximum Gasteiger partial charge on any atom is 0.159 e. The number of nitrogens with zero attached hydrogens (tertiary/aromatic N) is 6. The Labute approximate surface area is 178 Å². The fraction of sp³-hybridized carbons (Fsp3) is 0.522. The van der Waals surface area contributed by atoms with Crippen LogP contribution in [0.3, 0.4) is 0 Å². The van der Waals surface area contributed by atoms with Crippen LogP contribution in [0, 0.1) is 13.8 Å². The third kappa shape index (κ3) is 3.51. The van der Waals surface area contributed by atoms with Gasteiger partial charge in [-0.15, -0.1) is 0 Å². The van der Waals surface area contributed by atoms with Crippen molar-refractivity contribution in [3.8, 4) is 0 Å². The summed E-state index contributed by atoms with van der Waals surface area (Å²) in [6.45, 7) is 10.6. The summed E-state index contributed by atoms with van der Waals surface area (Å²) in [5, 5.41) is 8.99. The van der Waals surface area contributed by atoms with Gasteiger partial charge in [0.1, 0.15) is 0 Å². The normalized spacial score (nSPS) is 18.4. The molecule has 0 saturated carbocycles. The minimum Gasteiger partial charge on any atom is -0.371 e. The van der Waals surface area contributed by atoms with Gasteiger partial charge in [-0.25, -0.2) is 4.98 Å². The van der Waals surface area contributed by atoms with E-state index in [0.717, 1.165) is 68.8 Å². The molecule has 2 aliphatic heterocycles. The molecule has 0 radical (unpaired) electrons. The van der Waals surface area contributed by atoms with Crippen molar-refractivity contribution in [1.82, 2.24) is 25.1 Å². The molecule has 5 rings (SSSR count). The van der Waals surface area contributed by atoms with Gasteiger partial charge < -0.3 is 15.1 Å². The Morgan fingerprint density at radius 1 is 0.967 bits per heavy atom. The average molecular weight is 406 g/mol. The molecule has 0 amide bonds. The second-order valence-corrected chi connectivity index (χ2v) is 8.68. The molecule has 0 bridgehead atoms. The van der Waals surface area contributed by atoms with Gasteiger partial charge >= 0.3 is 0 Å². The number of fused-ring (bicyclic) bond motifs is 1. The van der Waals surface area contributed by atoms with Gasteiger partial charge in [0.05, 0.1) is 29.2 Å². The van der Waals surface area contributed by atoms with E-state index >= 15 is 0 Å². The van der Waals surface area contributed by atoms with Crippen molar-refractivity contribution in [2.24, 2.45) is 7.05 Å². The zero-order valence-electron chi connectivity index (χ0n) is 18.2. The van der Waals surface area contributed by atoms with E-state index in [9.17, 15) is 0 Å². The van der Waals surface area contributed by atoms with E-state index in [-0.39, 0.29) is 0 Å². The van der Waals surface area contributed by atoms with Crippen LogP contribution in [-0.4, -0.2) is 59.0 Å². The number of aromatic nitrogens is 4. The fourth-order valence-electron chi connectivity index (χ4n) is 4.97. The molecule has 0 spiro atoms. The molecular weight excluding hydrogens is 374 g/mol. The smallest absolute Gasteiger partial charge is 0.159 e. The number of piperazine rings is 1. The van der Waals surface area contributed by atoms with Crippen LogP contribution in [-0.2, 0) is 7.05 Å². The van der Waals surface area contributed by atoms with E-state index < -0.39 is 0 Å². The maximum atomic E-state index is 4.94. The first-order valence-electron chi connectivity index (χ1n) is 11.1. The first-order valence-corrected chi connectivity index (χ1v) is 11.1. The SMILES string of the molecule is Cc1cc(N2CCC(c3ncc(N4CCNCC4)cc3C)CC2)c2cnn(C)c2n1. The molecule has 2 fully saturated rings. The van der Waals surface area contributed by atoms with Crippen molar-refractivity contribution >= 4 is 22.4 Å². The second kappa shape index (κ2) is 7.87. The van der Waals surface area contributed by atoms with Gasteiger partial charge in [0.15, 0.2) is 5.65 Å². The highest BCUT2D eigenvalue weighted by Gasteiger charge is 2.25. The number of anilines is 2. The summed E-state index contributed by atoms with van der Waals surface area (Å²) in [6.07, 6.45) is 6.29. The minimum absolute atomic E-state index is 0.533. The largest absolute Gasteiger partial charge is 0.371 e. The Morgan fingerprint density at radius 3 is 2.47 bits per heavy atom. The Hall–Kier alpha value is -2.67. The molecule has 3 aromatic rings. The van der Waals surface area contributed by atoms with Crippen molar-refractivity contribution in [3.63, 3.8) is 0 Å². The summed E-state index contributed by atoms with van der Waals surface area (Å²) in [5.74, 6) is 0.533. The highest BCUT2D eigenvalue weighted by atomic mass is 15.3. The van der Waals surface area contributed by atoms with E-state index in [1.807, 2.05) is 17.9 Å². The van der Waals surface area contributed by atoms with Crippen LogP contribution in [0.25, 0.3) is 11.0 Å². The number of piperidine rings is 1. The molecule has 0 atom stereocenters. The molecule has 3 aromatic heterocycles. The molecule has 1 N–H and O–H groups in total. The summed E-state index contributed by atoms with van der Waals surface area (Å²) < 4.78 is 1.87. The molecule has 7 nitrogen and oxygen atoms in total. The first kappa shape index (κ1) is 19.3. The summed E-state index contributed by atoms with van der Waals surface area (Å²) in [6, 6.07) is 4.54. The molecule has 0 aromatic carbocycles. The fourth-order valence-corrected chi connectivity index (χ4v) is 4.97. The highest BCUT2D eigenvalue weighted by molar-refractivity contribution is 5.89. The third-order valence-corrected chi connectivity index (χ3v) is 6.62. The lowest BCUT2D eigenvalue weighted by Crippen LogP contribution is -2.43. The van der Waals surface area contributed by atoms with Gasteiger partial charge in [0, 0.05) is 63.6 Å². The Morgan fingerprint density at radius 2 is 1.73 bits per heavy atom. The van der Waals surface area contributed by atoms with E-state index in [0.29, 0.717) is 5.92 Å². The maximum absolute atomic E-state index is 4.94. The predicted octanol–water partition coefficient (Wildman–Crippen LogP) is 2.77. The van der Waals surface area contributed by atoms with Crippen LogP contribution in [0.4, 0.5) is 11.4 Å². The van der Waals surface area contributed by atoms with E-state index in [4.69, 9.17) is 4.98 Å². The number of nitrogens with one attached hydrogen (secondary N) is 1. The highest BCUT2D eigenvalue weighted by Crippen LogP contribution is 2.34. The quantitative estimate of drug-likeness (QED) is 0.723. The Bertz CT molecular complexity index is 1040. The standard InChI is InChI=1S/C23H31N7/c1-16-12-19(29-10-6-24-7-11-29)14-25-22(16)18-4-8-30(9-5-18)21-13-17(2)27-23-20(21)15-26-28(23)3/h12-15,18,24H,4-11H2,1-3H3. The van der Waals surface area contributed by atoms with Gasteiger partial charge in [-0.05, 0) is 44.4 Å². The van der Waals surface area contributed by atoms with Gasteiger partial charge in [-0.3, -0.25) is 9.67 Å². The third-order valence-electron chi connectivity index (χ3n) is 6.62. The van der Waals surface area contributed by atoms with Gasteiger partial charge in [0.2, 0.25) is 0 Å². The van der Waals surface area contributed by atoms with Crippen LogP contribution in [0.2, 0.25) is 0 Å². The predicted molar refractivity (Wildman–Crippen MR) is 121 cm³/mol. The summed E-state index contributed by atoms with van der Waals surface area (Å²) in [4.78, 5) is 14.5. The topological polar surface area (TPSA) is 62.1 Å². The zero-order chi connectivity index (χ0) is 20.7. The van der Waals surface area contributed by atoms with Crippen LogP contribution < -0.4 is 15.1 Å². The molecule has 7 heteroatoms. The molecule has 0 unspecified atom stereocenters.